The van der Waals surface area contributed by atoms with Crippen LogP contribution in [0.2, 0.25) is 0 Å². The van der Waals surface area contributed by atoms with Crippen molar-refractivity contribution in [2.24, 2.45) is 0 Å². The van der Waals surface area contributed by atoms with Gasteiger partial charge >= 0.3 is 0 Å². The molecule has 0 radical (unpaired) electrons. The van der Waals surface area contributed by atoms with E-state index in [0.717, 1.165) is 28.6 Å². The summed E-state index contributed by atoms with van der Waals surface area (Å²) in [6.07, 6.45) is 2.17. The Hall–Kier alpha value is -2.49. The third-order valence-corrected chi connectivity index (χ3v) is 8.79. The van der Waals surface area contributed by atoms with Crippen LogP contribution >= 0.6 is 11.3 Å². The molecule has 4 rings (SSSR count). The minimum atomic E-state index is -3.43. The average molecular weight is 489 g/mol. The lowest BCUT2D eigenvalue weighted by atomic mass is 10.2. The predicted octanol–water partition coefficient (Wildman–Crippen LogP) is 4.38. The third-order valence-electron chi connectivity index (χ3n) is 5.76. The van der Waals surface area contributed by atoms with Gasteiger partial charge in [0.2, 0.25) is 5.91 Å². The van der Waals surface area contributed by atoms with E-state index in [1.807, 2.05) is 19.1 Å². The zero-order chi connectivity index (χ0) is 23.4. The first-order valence-corrected chi connectivity index (χ1v) is 13.5. The Morgan fingerprint density at radius 1 is 1.24 bits per heavy atom. The number of carbonyl (C=O) groups is 1. The van der Waals surface area contributed by atoms with Gasteiger partial charge in [0.05, 0.1) is 35.1 Å². The lowest BCUT2D eigenvalue weighted by Crippen LogP contribution is -2.37. The second-order valence-electron chi connectivity index (χ2n) is 8.13. The van der Waals surface area contributed by atoms with Crippen molar-refractivity contribution in [3.8, 4) is 5.75 Å². The lowest BCUT2D eigenvalue weighted by Gasteiger charge is -2.23. The standard InChI is InChI=1S/C24H28N2O5S2/c1-17-12-13-20(30-2)22-23(17)32-24(25-22)26(16-18-8-6-14-31-18)21(27)11-7-15-33(28,29)19-9-4-3-5-10-19/h3-5,9-10,12-13,18H,6-8,11,14-16H2,1-2H3. The molecule has 1 fully saturated rings. The van der Waals surface area contributed by atoms with Gasteiger partial charge in [0.15, 0.2) is 15.0 Å². The van der Waals surface area contributed by atoms with Crippen LogP contribution in [0.5, 0.6) is 5.75 Å². The fraction of sp³-hybridized carbons (Fsp3) is 0.417. The highest BCUT2D eigenvalue weighted by Crippen LogP contribution is 2.37. The van der Waals surface area contributed by atoms with Crippen molar-refractivity contribution >= 4 is 42.4 Å². The molecule has 1 saturated heterocycles. The number of aryl methyl sites for hydroxylation is 1. The first-order chi connectivity index (χ1) is 15.9. The number of hydrogen-bond donors (Lipinski definition) is 0. The van der Waals surface area contributed by atoms with Crippen LogP contribution in [0.1, 0.15) is 31.2 Å². The number of amides is 1. The van der Waals surface area contributed by atoms with Crippen LogP contribution in [0, 0.1) is 6.92 Å². The number of anilines is 1. The molecule has 0 aliphatic carbocycles. The zero-order valence-corrected chi connectivity index (χ0v) is 20.5. The molecule has 176 valence electrons. The normalized spacial score (nSPS) is 16.2. The van der Waals surface area contributed by atoms with Gasteiger partial charge < -0.3 is 9.47 Å². The first-order valence-electron chi connectivity index (χ1n) is 11.0. The van der Waals surface area contributed by atoms with E-state index in [4.69, 9.17) is 14.5 Å². The molecule has 7 nitrogen and oxygen atoms in total. The summed E-state index contributed by atoms with van der Waals surface area (Å²) in [6.45, 7) is 3.10. The maximum atomic E-state index is 13.3. The highest BCUT2D eigenvalue weighted by Gasteiger charge is 2.27. The number of carbonyl (C=O) groups excluding carboxylic acids is 1. The van der Waals surface area contributed by atoms with E-state index < -0.39 is 9.84 Å². The number of hydrogen-bond acceptors (Lipinski definition) is 7. The molecular formula is C24H28N2O5S2. The fourth-order valence-electron chi connectivity index (χ4n) is 3.95. The number of ether oxygens (including phenoxy) is 2. The summed E-state index contributed by atoms with van der Waals surface area (Å²) in [6, 6.07) is 12.2. The largest absolute Gasteiger partial charge is 0.494 e. The molecule has 2 aromatic carbocycles. The number of thiazole rings is 1. The Balaban J connectivity index is 1.54. The summed E-state index contributed by atoms with van der Waals surface area (Å²) >= 11 is 1.45. The van der Waals surface area contributed by atoms with Crippen LogP contribution in [0.15, 0.2) is 47.4 Å². The molecule has 1 aromatic heterocycles. The van der Waals surface area contributed by atoms with Gasteiger partial charge in [-0.05, 0) is 49.9 Å². The van der Waals surface area contributed by atoms with Gasteiger partial charge in [-0.2, -0.15) is 0 Å². The van der Waals surface area contributed by atoms with Crippen molar-refractivity contribution < 1.29 is 22.7 Å². The van der Waals surface area contributed by atoms with Crippen LogP contribution in [0.3, 0.4) is 0 Å². The molecule has 2 heterocycles. The molecule has 0 saturated carbocycles. The van der Waals surface area contributed by atoms with Crippen LogP contribution in [0.25, 0.3) is 10.2 Å². The topological polar surface area (TPSA) is 85.8 Å². The van der Waals surface area contributed by atoms with Gasteiger partial charge in [0.25, 0.3) is 0 Å². The van der Waals surface area contributed by atoms with Crippen molar-refractivity contribution in [3.05, 3.63) is 48.0 Å². The summed E-state index contributed by atoms with van der Waals surface area (Å²) in [7, 11) is -1.83. The van der Waals surface area contributed by atoms with Gasteiger partial charge in [0, 0.05) is 13.0 Å². The molecule has 1 atom stereocenters. The first kappa shape index (κ1) is 23.7. The molecule has 33 heavy (non-hydrogen) atoms. The van der Waals surface area contributed by atoms with Crippen molar-refractivity contribution in [1.29, 1.82) is 0 Å². The summed E-state index contributed by atoms with van der Waals surface area (Å²) in [5.74, 6) is 0.435. The molecule has 1 aliphatic rings. The quantitative estimate of drug-likeness (QED) is 0.444. The molecule has 1 unspecified atom stereocenters. The van der Waals surface area contributed by atoms with E-state index in [2.05, 4.69) is 0 Å². The van der Waals surface area contributed by atoms with Crippen molar-refractivity contribution in [3.63, 3.8) is 0 Å². The number of rotatable bonds is 9. The van der Waals surface area contributed by atoms with Crippen LogP contribution in [-0.4, -0.2) is 51.4 Å². The van der Waals surface area contributed by atoms with Gasteiger partial charge in [-0.3, -0.25) is 9.69 Å². The number of benzene rings is 2. The summed E-state index contributed by atoms with van der Waals surface area (Å²) < 4.78 is 37.4. The smallest absolute Gasteiger partial charge is 0.228 e. The maximum Gasteiger partial charge on any atom is 0.228 e. The molecule has 1 amide bonds. The van der Waals surface area contributed by atoms with Crippen molar-refractivity contribution in [2.75, 3.05) is 30.9 Å². The minimum Gasteiger partial charge on any atom is -0.494 e. The Labute approximate surface area is 198 Å². The maximum absolute atomic E-state index is 13.3. The van der Waals surface area contributed by atoms with Crippen molar-refractivity contribution in [2.45, 2.75) is 43.6 Å². The number of fused-ring (bicyclic) bond motifs is 1. The number of methoxy groups -OCH3 is 1. The van der Waals surface area contributed by atoms with Crippen LogP contribution < -0.4 is 9.64 Å². The minimum absolute atomic E-state index is 0.0444. The summed E-state index contributed by atoms with van der Waals surface area (Å²) in [4.78, 5) is 20.0. The Kier molecular flexibility index (Phi) is 7.31. The monoisotopic (exact) mass is 488 g/mol. The second-order valence-corrected chi connectivity index (χ2v) is 11.2. The van der Waals surface area contributed by atoms with Gasteiger partial charge in [-0.1, -0.05) is 35.6 Å². The molecule has 0 bridgehead atoms. The fourth-order valence-corrected chi connectivity index (χ4v) is 6.36. The summed E-state index contributed by atoms with van der Waals surface area (Å²) in [5, 5.41) is 0.587. The average Bonchev–Trinajstić information content (AvgIpc) is 3.49. The van der Waals surface area contributed by atoms with Crippen molar-refractivity contribution in [1.82, 2.24) is 4.98 Å². The Morgan fingerprint density at radius 2 is 2.03 bits per heavy atom. The van der Waals surface area contributed by atoms with Gasteiger partial charge in [0.1, 0.15) is 11.3 Å². The molecule has 9 heteroatoms. The van der Waals surface area contributed by atoms with E-state index in [1.54, 1.807) is 42.3 Å². The predicted molar refractivity (Wildman–Crippen MR) is 130 cm³/mol. The van der Waals surface area contributed by atoms with Gasteiger partial charge in [-0.25, -0.2) is 13.4 Å². The molecule has 3 aromatic rings. The highest BCUT2D eigenvalue weighted by molar-refractivity contribution is 7.91. The highest BCUT2D eigenvalue weighted by atomic mass is 32.2. The molecular weight excluding hydrogens is 460 g/mol. The molecule has 1 aliphatic heterocycles. The Bertz CT molecular complexity index is 1220. The molecule has 0 N–H and O–H groups in total. The van der Waals surface area contributed by atoms with E-state index >= 15 is 0 Å². The van der Waals surface area contributed by atoms with Gasteiger partial charge in [-0.15, -0.1) is 0 Å². The lowest BCUT2D eigenvalue weighted by molar-refractivity contribution is -0.119. The Morgan fingerprint density at radius 3 is 2.73 bits per heavy atom. The zero-order valence-electron chi connectivity index (χ0n) is 18.8. The number of aromatic nitrogens is 1. The van der Waals surface area contributed by atoms with E-state index in [1.165, 1.54) is 11.3 Å². The van der Waals surface area contributed by atoms with E-state index in [9.17, 15) is 13.2 Å². The van der Waals surface area contributed by atoms with Crippen LogP contribution in [-0.2, 0) is 19.4 Å². The van der Waals surface area contributed by atoms with E-state index in [0.29, 0.717) is 24.0 Å². The SMILES string of the molecule is COc1ccc(C)c2sc(N(CC3CCCO3)C(=O)CCCS(=O)(=O)c3ccccc3)nc12. The molecule has 0 spiro atoms. The number of nitrogens with zero attached hydrogens (tertiary/aromatic N) is 2. The third kappa shape index (κ3) is 5.37. The second kappa shape index (κ2) is 10.2. The van der Waals surface area contributed by atoms with E-state index in [-0.39, 0.29) is 35.5 Å². The summed E-state index contributed by atoms with van der Waals surface area (Å²) in [5.41, 5.74) is 1.79. The van der Waals surface area contributed by atoms with Crippen LogP contribution in [0.4, 0.5) is 5.13 Å². The number of sulfone groups is 1.